The second kappa shape index (κ2) is 7.20. The summed E-state index contributed by atoms with van der Waals surface area (Å²) in [7, 11) is 1.55. The molecule has 0 saturated heterocycles. The number of hydrogen-bond acceptors (Lipinski definition) is 4. The summed E-state index contributed by atoms with van der Waals surface area (Å²) in [5.41, 5.74) is 4.05. The van der Waals surface area contributed by atoms with Gasteiger partial charge < -0.3 is 19.9 Å². The molecule has 4 nitrogen and oxygen atoms in total. The quantitative estimate of drug-likeness (QED) is 0.615. The van der Waals surface area contributed by atoms with E-state index in [1.807, 2.05) is 0 Å². The maximum absolute atomic E-state index is 12.6. The van der Waals surface area contributed by atoms with Crippen LogP contribution in [0, 0.1) is 0 Å². The van der Waals surface area contributed by atoms with E-state index in [9.17, 15) is 13.2 Å². The number of ether oxygens (including phenoxy) is 3. The molecule has 0 bridgehead atoms. The number of nitrogens with two attached hydrogens (primary N) is 1. The number of alkyl halides is 3. The van der Waals surface area contributed by atoms with Gasteiger partial charge in [-0.2, -0.15) is 13.2 Å². The van der Waals surface area contributed by atoms with Crippen molar-refractivity contribution in [3.05, 3.63) is 23.8 Å². The van der Waals surface area contributed by atoms with Gasteiger partial charge in [0.25, 0.3) is 0 Å². The summed E-state index contributed by atoms with van der Waals surface area (Å²) >= 11 is 0. The number of benzene rings is 1. The fourth-order valence-corrected chi connectivity index (χ4v) is 1.33. The van der Waals surface area contributed by atoms with Gasteiger partial charge in [-0.1, -0.05) is 0 Å². The molecule has 0 heterocycles. The van der Waals surface area contributed by atoms with Crippen LogP contribution in [0.15, 0.2) is 18.2 Å². The lowest BCUT2D eigenvalue weighted by Crippen LogP contribution is -2.12. The molecule has 7 heteroatoms. The lowest BCUT2D eigenvalue weighted by atomic mass is 10.1. The topological polar surface area (TPSA) is 53.7 Å². The molecule has 19 heavy (non-hydrogen) atoms. The summed E-state index contributed by atoms with van der Waals surface area (Å²) in [5.74, 6) is 0.108. The summed E-state index contributed by atoms with van der Waals surface area (Å²) < 4.78 is 52.8. The first-order chi connectivity index (χ1) is 8.95. The fourth-order valence-electron chi connectivity index (χ4n) is 1.33. The van der Waals surface area contributed by atoms with Crippen LogP contribution in [0.2, 0.25) is 0 Å². The van der Waals surface area contributed by atoms with Crippen molar-refractivity contribution in [3.8, 4) is 5.75 Å². The van der Waals surface area contributed by atoms with Crippen LogP contribution >= 0.6 is 0 Å². The highest BCUT2D eigenvalue weighted by Crippen LogP contribution is 2.35. The summed E-state index contributed by atoms with van der Waals surface area (Å²) in [6.45, 7) is 1.30. The lowest BCUT2D eigenvalue weighted by molar-refractivity contribution is -0.137. The normalized spacial score (nSPS) is 11.6. The molecule has 0 aliphatic heterocycles. The number of methoxy groups -OCH3 is 1. The first kappa shape index (κ1) is 15.6. The van der Waals surface area contributed by atoms with Gasteiger partial charge in [-0.25, -0.2) is 0 Å². The van der Waals surface area contributed by atoms with Crippen LogP contribution in [0.1, 0.15) is 5.56 Å². The summed E-state index contributed by atoms with van der Waals surface area (Å²) in [4.78, 5) is 0. The average Bonchev–Trinajstić information content (AvgIpc) is 2.34. The van der Waals surface area contributed by atoms with Crippen LogP contribution in [0.3, 0.4) is 0 Å². The Morgan fingerprint density at radius 3 is 2.42 bits per heavy atom. The molecule has 0 aliphatic carbocycles. The Morgan fingerprint density at radius 2 is 1.79 bits per heavy atom. The highest BCUT2D eigenvalue weighted by Gasteiger charge is 2.33. The smallest absolute Gasteiger partial charge is 0.418 e. The molecule has 0 radical (unpaired) electrons. The lowest BCUT2D eigenvalue weighted by Gasteiger charge is -2.12. The Balaban J connectivity index is 2.47. The largest absolute Gasteiger partial charge is 0.491 e. The fraction of sp³-hybridized carbons (Fsp3) is 0.500. The molecular weight excluding hydrogens is 263 g/mol. The minimum absolute atomic E-state index is 0.108. The number of halogens is 3. The highest BCUT2D eigenvalue weighted by molar-refractivity contribution is 5.51. The van der Waals surface area contributed by atoms with E-state index in [0.717, 1.165) is 6.07 Å². The summed E-state index contributed by atoms with van der Waals surface area (Å²) in [6.07, 6.45) is -4.49. The van der Waals surface area contributed by atoms with Crippen molar-refractivity contribution >= 4 is 5.69 Å². The number of anilines is 1. The number of rotatable bonds is 7. The zero-order valence-electron chi connectivity index (χ0n) is 10.5. The standard InChI is InChI=1S/C12H16F3NO3/c1-17-4-5-18-6-7-19-9-2-3-11(16)10(8-9)12(13,14)15/h2-3,8H,4-7,16H2,1H3. The van der Waals surface area contributed by atoms with Crippen LogP contribution in [0.4, 0.5) is 18.9 Å². The molecule has 0 amide bonds. The minimum Gasteiger partial charge on any atom is -0.491 e. The first-order valence-corrected chi connectivity index (χ1v) is 5.61. The van der Waals surface area contributed by atoms with Crippen LogP contribution in [-0.4, -0.2) is 33.5 Å². The average molecular weight is 279 g/mol. The molecule has 0 fully saturated rings. The Morgan fingerprint density at radius 1 is 1.11 bits per heavy atom. The highest BCUT2D eigenvalue weighted by atomic mass is 19.4. The van der Waals surface area contributed by atoms with E-state index in [-0.39, 0.29) is 24.7 Å². The molecule has 0 saturated carbocycles. The van der Waals surface area contributed by atoms with Crippen molar-refractivity contribution in [2.24, 2.45) is 0 Å². The molecule has 1 aromatic rings. The zero-order chi connectivity index (χ0) is 14.3. The third kappa shape index (κ3) is 5.35. The van der Waals surface area contributed by atoms with Gasteiger partial charge >= 0.3 is 6.18 Å². The maximum atomic E-state index is 12.6. The van der Waals surface area contributed by atoms with Crippen LogP contribution in [-0.2, 0) is 15.7 Å². The molecule has 0 aromatic heterocycles. The SMILES string of the molecule is COCCOCCOc1ccc(N)c(C(F)(F)F)c1. The molecule has 0 atom stereocenters. The van der Waals surface area contributed by atoms with Crippen molar-refractivity contribution < 1.29 is 27.4 Å². The molecular formula is C12H16F3NO3. The molecule has 1 aromatic carbocycles. The summed E-state index contributed by atoms with van der Waals surface area (Å²) in [5, 5.41) is 0. The second-order valence-electron chi connectivity index (χ2n) is 3.70. The van der Waals surface area contributed by atoms with Gasteiger partial charge in [0.1, 0.15) is 12.4 Å². The Hall–Kier alpha value is -1.47. The first-order valence-electron chi connectivity index (χ1n) is 5.61. The van der Waals surface area contributed by atoms with Crippen molar-refractivity contribution in [2.45, 2.75) is 6.18 Å². The van der Waals surface area contributed by atoms with Crippen molar-refractivity contribution in [1.29, 1.82) is 0 Å². The van der Waals surface area contributed by atoms with Gasteiger partial charge in [-0.3, -0.25) is 0 Å². The molecule has 108 valence electrons. The van der Waals surface area contributed by atoms with E-state index >= 15 is 0 Å². The van der Waals surface area contributed by atoms with Gasteiger partial charge in [0, 0.05) is 12.8 Å². The number of hydrogen-bond donors (Lipinski definition) is 1. The molecule has 1 rings (SSSR count). The van der Waals surface area contributed by atoms with E-state index in [0.29, 0.717) is 13.2 Å². The van der Waals surface area contributed by atoms with Crippen molar-refractivity contribution in [2.75, 3.05) is 39.3 Å². The van der Waals surface area contributed by atoms with Crippen molar-refractivity contribution in [3.63, 3.8) is 0 Å². The van der Waals surface area contributed by atoms with E-state index in [2.05, 4.69) is 0 Å². The molecule has 0 aliphatic rings. The predicted octanol–water partition coefficient (Wildman–Crippen LogP) is 2.33. The van der Waals surface area contributed by atoms with Gasteiger partial charge in [0.05, 0.1) is 25.4 Å². The van der Waals surface area contributed by atoms with Crippen LogP contribution < -0.4 is 10.5 Å². The van der Waals surface area contributed by atoms with E-state index in [1.165, 1.54) is 12.1 Å². The molecule has 0 spiro atoms. The predicted molar refractivity (Wildman–Crippen MR) is 64.0 cm³/mol. The van der Waals surface area contributed by atoms with Gasteiger partial charge in [0.15, 0.2) is 0 Å². The van der Waals surface area contributed by atoms with E-state index in [4.69, 9.17) is 19.9 Å². The third-order valence-electron chi connectivity index (χ3n) is 2.26. The number of nitrogen functional groups attached to an aromatic ring is 1. The zero-order valence-corrected chi connectivity index (χ0v) is 10.5. The second-order valence-corrected chi connectivity index (χ2v) is 3.70. The Kier molecular flexibility index (Phi) is 5.91. The Bertz CT molecular complexity index is 396. The Labute approximate surface area is 109 Å². The van der Waals surface area contributed by atoms with Crippen LogP contribution in [0.5, 0.6) is 5.75 Å². The molecule has 0 unspecified atom stereocenters. The minimum atomic E-state index is -4.49. The van der Waals surface area contributed by atoms with Gasteiger partial charge in [-0.05, 0) is 18.2 Å². The van der Waals surface area contributed by atoms with Crippen LogP contribution in [0.25, 0.3) is 0 Å². The van der Waals surface area contributed by atoms with Crippen molar-refractivity contribution in [1.82, 2.24) is 0 Å². The van der Waals surface area contributed by atoms with E-state index in [1.54, 1.807) is 7.11 Å². The maximum Gasteiger partial charge on any atom is 0.418 e. The monoisotopic (exact) mass is 279 g/mol. The third-order valence-corrected chi connectivity index (χ3v) is 2.26. The van der Waals surface area contributed by atoms with Gasteiger partial charge in [-0.15, -0.1) is 0 Å². The summed E-state index contributed by atoms with van der Waals surface area (Å²) in [6, 6.07) is 3.44. The van der Waals surface area contributed by atoms with Gasteiger partial charge in [0.2, 0.25) is 0 Å². The molecule has 2 N–H and O–H groups in total. The van der Waals surface area contributed by atoms with E-state index < -0.39 is 11.7 Å².